The first-order valence-electron chi connectivity index (χ1n) is 5.92. The van der Waals surface area contributed by atoms with E-state index in [1.807, 2.05) is 0 Å². The third-order valence-electron chi connectivity index (χ3n) is 1.63. The summed E-state index contributed by atoms with van der Waals surface area (Å²) in [5.74, 6) is 1.02. The third kappa shape index (κ3) is 10.2. The van der Waals surface area contributed by atoms with Crippen molar-refractivity contribution in [2.75, 3.05) is 0 Å². The molecule has 0 atom stereocenters. The van der Waals surface area contributed by atoms with Crippen LogP contribution in [0.25, 0.3) is 0 Å². The van der Waals surface area contributed by atoms with E-state index >= 15 is 0 Å². The van der Waals surface area contributed by atoms with Crippen LogP contribution < -0.4 is 0 Å². The van der Waals surface area contributed by atoms with Gasteiger partial charge in [-0.3, -0.25) is 4.66 Å². The third-order valence-corrected chi connectivity index (χ3v) is 3.40. The topological polar surface area (TPSA) is 21.6 Å². The highest BCUT2D eigenvalue weighted by Gasteiger charge is 2.20. The van der Waals surface area contributed by atoms with E-state index in [1.165, 1.54) is 12.8 Å². The zero-order chi connectivity index (χ0) is 12.1. The van der Waals surface area contributed by atoms with Crippen molar-refractivity contribution >= 4 is 22.5 Å². The fourth-order valence-corrected chi connectivity index (χ4v) is 3.04. The summed E-state index contributed by atoms with van der Waals surface area (Å²) in [7, 11) is -2.86. The molecule has 0 aromatic heterocycles. The number of hydrogen-bond acceptors (Lipinski definition) is 2. The van der Waals surface area contributed by atoms with Crippen LogP contribution in [0, 0.1) is 0 Å². The van der Waals surface area contributed by atoms with E-state index in [0.29, 0.717) is 0 Å². The van der Waals surface area contributed by atoms with Crippen LogP contribution in [0.5, 0.6) is 0 Å². The van der Waals surface area contributed by atoms with E-state index in [9.17, 15) is 0 Å². The fourth-order valence-electron chi connectivity index (χ4n) is 1.19. The van der Waals surface area contributed by atoms with Crippen molar-refractivity contribution in [2.45, 2.75) is 65.5 Å². The SMILES string of the molecule is CCCC/C(=N\[Si](C)(C)C)O[Si](C)(C)C. The van der Waals surface area contributed by atoms with Gasteiger partial charge in [-0.15, -0.1) is 0 Å². The van der Waals surface area contributed by atoms with Gasteiger partial charge in [0, 0.05) is 6.42 Å². The molecule has 0 saturated carbocycles. The van der Waals surface area contributed by atoms with Crippen LogP contribution in [0.1, 0.15) is 26.2 Å². The molecule has 0 heterocycles. The van der Waals surface area contributed by atoms with Gasteiger partial charge >= 0.3 is 0 Å². The largest absolute Gasteiger partial charge is 0.535 e. The van der Waals surface area contributed by atoms with Crippen molar-refractivity contribution in [1.82, 2.24) is 0 Å². The van der Waals surface area contributed by atoms with Gasteiger partial charge in [0.15, 0.2) is 14.1 Å². The molecule has 15 heavy (non-hydrogen) atoms. The summed E-state index contributed by atoms with van der Waals surface area (Å²) in [6, 6.07) is 0. The van der Waals surface area contributed by atoms with E-state index in [4.69, 9.17) is 9.08 Å². The van der Waals surface area contributed by atoms with Crippen molar-refractivity contribution in [3.63, 3.8) is 0 Å². The van der Waals surface area contributed by atoms with Gasteiger partial charge in [-0.05, 0) is 45.7 Å². The van der Waals surface area contributed by atoms with Crippen molar-refractivity contribution < 1.29 is 4.43 Å². The van der Waals surface area contributed by atoms with E-state index < -0.39 is 16.6 Å². The Labute approximate surface area is 97.4 Å². The van der Waals surface area contributed by atoms with Crippen LogP contribution in [0.2, 0.25) is 39.3 Å². The van der Waals surface area contributed by atoms with E-state index in [2.05, 4.69) is 46.2 Å². The van der Waals surface area contributed by atoms with Crippen molar-refractivity contribution in [2.24, 2.45) is 4.66 Å². The summed E-state index contributed by atoms with van der Waals surface area (Å²) in [5, 5.41) is 0. The van der Waals surface area contributed by atoms with Crippen molar-refractivity contribution in [1.29, 1.82) is 0 Å². The van der Waals surface area contributed by atoms with Crippen LogP contribution >= 0.6 is 0 Å². The van der Waals surface area contributed by atoms with Crippen molar-refractivity contribution in [3.05, 3.63) is 0 Å². The highest BCUT2D eigenvalue weighted by atomic mass is 28.4. The summed E-state index contributed by atoms with van der Waals surface area (Å²) in [4.78, 5) is 0. The molecule has 0 saturated heterocycles. The molecule has 0 unspecified atom stereocenters. The minimum atomic E-state index is -1.48. The summed E-state index contributed by atoms with van der Waals surface area (Å²) < 4.78 is 10.8. The Balaban J connectivity index is 4.52. The average Bonchev–Trinajstić information content (AvgIpc) is 1.94. The van der Waals surface area contributed by atoms with Gasteiger partial charge in [0.1, 0.15) is 0 Å². The Morgan fingerprint density at radius 2 is 1.60 bits per heavy atom. The normalized spacial score (nSPS) is 14.2. The van der Waals surface area contributed by atoms with Crippen molar-refractivity contribution in [3.8, 4) is 0 Å². The molecule has 0 bridgehead atoms. The molecule has 0 aromatic rings. The van der Waals surface area contributed by atoms with Gasteiger partial charge in [-0.1, -0.05) is 13.3 Å². The Hall–Kier alpha value is -0.0962. The predicted octanol–water partition coefficient (Wildman–Crippen LogP) is 4.26. The summed E-state index contributed by atoms with van der Waals surface area (Å²) >= 11 is 0. The zero-order valence-electron chi connectivity index (χ0n) is 11.5. The Morgan fingerprint density at radius 1 is 1.07 bits per heavy atom. The molecule has 0 fully saturated rings. The first kappa shape index (κ1) is 14.9. The first-order chi connectivity index (χ1) is 6.64. The van der Waals surface area contributed by atoms with Gasteiger partial charge in [0.05, 0.1) is 0 Å². The van der Waals surface area contributed by atoms with Gasteiger partial charge in [-0.2, -0.15) is 0 Å². The maximum atomic E-state index is 6.04. The van der Waals surface area contributed by atoms with E-state index in [0.717, 1.165) is 12.3 Å². The lowest BCUT2D eigenvalue weighted by molar-refractivity contribution is 0.527. The number of nitrogens with zero attached hydrogens (tertiary/aromatic N) is 1. The second-order valence-corrected chi connectivity index (χ2v) is 15.0. The minimum Gasteiger partial charge on any atom is -0.535 e. The van der Waals surface area contributed by atoms with Gasteiger partial charge < -0.3 is 4.43 Å². The molecule has 0 rings (SSSR count). The molecule has 0 radical (unpaired) electrons. The average molecular weight is 246 g/mol. The molecular formula is C11H27NOSi2. The Morgan fingerprint density at radius 3 is 1.93 bits per heavy atom. The maximum absolute atomic E-state index is 6.04. The van der Waals surface area contributed by atoms with Gasteiger partial charge in [-0.25, -0.2) is 0 Å². The highest BCUT2D eigenvalue weighted by molar-refractivity contribution is 6.76. The van der Waals surface area contributed by atoms with Crippen LogP contribution in [0.15, 0.2) is 4.66 Å². The lowest BCUT2D eigenvalue weighted by Gasteiger charge is -2.23. The van der Waals surface area contributed by atoms with E-state index in [1.54, 1.807) is 0 Å². The Bertz CT molecular complexity index is 214. The summed E-state index contributed by atoms with van der Waals surface area (Å²) in [6.07, 6.45) is 3.42. The number of rotatable bonds is 5. The standard InChI is InChI=1S/C11H27NOSi2/c1-8-9-10-11(12-14(2,3)4)13-15(5,6)7/h8-10H2,1-7H3/b12-11+. The van der Waals surface area contributed by atoms with Crippen LogP contribution in [-0.4, -0.2) is 22.5 Å². The minimum absolute atomic E-state index is 1.02. The van der Waals surface area contributed by atoms with Gasteiger partial charge in [0.25, 0.3) is 0 Å². The van der Waals surface area contributed by atoms with Crippen LogP contribution in [0.4, 0.5) is 0 Å². The smallest absolute Gasteiger partial charge is 0.243 e. The molecule has 0 aromatic carbocycles. The molecule has 0 aliphatic rings. The molecule has 4 heteroatoms. The van der Waals surface area contributed by atoms with Crippen LogP contribution in [0.3, 0.4) is 0 Å². The quantitative estimate of drug-likeness (QED) is 0.403. The molecule has 2 nitrogen and oxygen atoms in total. The highest BCUT2D eigenvalue weighted by Crippen LogP contribution is 2.12. The number of hydrogen-bond donors (Lipinski definition) is 0. The maximum Gasteiger partial charge on any atom is 0.243 e. The fraction of sp³-hybridized carbons (Fsp3) is 0.909. The molecule has 0 N–H and O–H groups in total. The summed E-state index contributed by atoms with van der Waals surface area (Å²) in [5.41, 5.74) is 0. The predicted molar refractivity (Wildman–Crippen MR) is 74.7 cm³/mol. The molecule has 0 aliphatic carbocycles. The molecular weight excluding hydrogens is 218 g/mol. The summed E-state index contributed by atoms with van der Waals surface area (Å²) in [6.45, 7) is 15.6. The first-order valence-corrected chi connectivity index (χ1v) is 12.8. The molecule has 0 spiro atoms. The molecule has 0 aliphatic heterocycles. The van der Waals surface area contributed by atoms with E-state index in [-0.39, 0.29) is 0 Å². The zero-order valence-corrected chi connectivity index (χ0v) is 13.5. The molecule has 0 amide bonds. The lowest BCUT2D eigenvalue weighted by atomic mass is 10.2. The van der Waals surface area contributed by atoms with Crippen LogP contribution in [-0.2, 0) is 4.43 Å². The lowest BCUT2D eigenvalue weighted by Crippen LogP contribution is -2.31. The monoisotopic (exact) mass is 245 g/mol. The second-order valence-electron chi connectivity index (χ2n) is 5.99. The second kappa shape index (κ2) is 5.84. The number of unbranched alkanes of at least 4 members (excludes halogenated alkanes) is 1. The Kier molecular flexibility index (Phi) is 5.81. The molecule has 90 valence electrons. The van der Waals surface area contributed by atoms with Gasteiger partial charge in [0.2, 0.25) is 8.32 Å².